The predicted molar refractivity (Wildman–Crippen MR) is 108 cm³/mol. The molecule has 2 rings (SSSR count). The van der Waals surface area contributed by atoms with Gasteiger partial charge >= 0.3 is 0 Å². The minimum atomic E-state index is -3.78. The number of aryl methyl sites for hydroxylation is 3. The van der Waals surface area contributed by atoms with Gasteiger partial charge in [-0.3, -0.25) is 4.79 Å². The molecule has 1 amide bonds. The van der Waals surface area contributed by atoms with Crippen molar-refractivity contribution >= 4 is 27.7 Å². The van der Waals surface area contributed by atoms with E-state index < -0.39 is 16.1 Å². The van der Waals surface area contributed by atoms with Gasteiger partial charge in [0.15, 0.2) is 0 Å². The van der Waals surface area contributed by atoms with Gasteiger partial charge in [-0.1, -0.05) is 17.7 Å². The van der Waals surface area contributed by atoms with E-state index >= 15 is 0 Å². The van der Waals surface area contributed by atoms with Gasteiger partial charge in [0.05, 0.1) is 4.90 Å². The number of benzene rings is 1. The number of sulfonamides is 1. The highest BCUT2D eigenvalue weighted by molar-refractivity contribution is 7.98. The Balaban J connectivity index is 2.09. The third-order valence-corrected chi connectivity index (χ3v) is 6.28. The highest BCUT2D eigenvalue weighted by Gasteiger charge is 2.25. The van der Waals surface area contributed by atoms with E-state index in [0.29, 0.717) is 18.7 Å². The van der Waals surface area contributed by atoms with Crippen molar-refractivity contribution in [3.8, 4) is 0 Å². The van der Waals surface area contributed by atoms with Crippen molar-refractivity contribution in [2.24, 2.45) is 0 Å². The van der Waals surface area contributed by atoms with E-state index in [9.17, 15) is 13.2 Å². The standard InChI is InChI=1S/C19H26N2O4S2/c1-13-5-7-17(8-6-13)27(23,24)21-18(9-10-26-4)19(22)20-12-16-11-14(2)25-15(16)3/h5-8,11,18,21H,9-10,12H2,1-4H3,(H,20,22). The van der Waals surface area contributed by atoms with Crippen LogP contribution in [0.15, 0.2) is 39.6 Å². The Kier molecular flexibility index (Phi) is 7.52. The van der Waals surface area contributed by atoms with Gasteiger partial charge in [-0.05, 0) is 57.4 Å². The van der Waals surface area contributed by atoms with Gasteiger partial charge in [0.1, 0.15) is 17.6 Å². The highest BCUT2D eigenvalue weighted by Crippen LogP contribution is 2.15. The molecular weight excluding hydrogens is 384 g/mol. The molecule has 0 saturated carbocycles. The first-order chi connectivity index (χ1) is 12.7. The minimum Gasteiger partial charge on any atom is -0.466 e. The zero-order valence-corrected chi connectivity index (χ0v) is 17.7. The SMILES string of the molecule is CSCCC(NS(=O)(=O)c1ccc(C)cc1)C(=O)NCc1cc(C)oc1C. The highest BCUT2D eigenvalue weighted by atomic mass is 32.2. The molecule has 1 atom stereocenters. The fourth-order valence-corrected chi connectivity index (χ4v) is 4.32. The van der Waals surface area contributed by atoms with Crippen LogP contribution in [-0.4, -0.2) is 32.4 Å². The molecule has 8 heteroatoms. The first-order valence-electron chi connectivity index (χ1n) is 8.64. The quantitative estimate of drug-likeness (QED) is 0.664. The number of hydrogen-bond donors (Lipinski definition) is 2. The van der Waals surface area contributed by atoms with Crippen LogP contribution in [0, 0.1) is 20.8 Å². The van der Waals surface area contributed by atoms with E-state index in [1.54, 1.807) is 36.0 Å². The molecule has 148 valence electrons. The maximum atomic E-state index is 12.6. The molecule has 0 aliphatic rings. The van der Waals surface area contributed by atoms with Gasteiger partial charge < -0.3 is 9.73 Å². The van der Waals surface area contributed by atoms with Crippen LogP contribution in [0.5, 0.6) is 0 Å². The molecule has 0 spiro atoms. The summed E-state index contributed by atoms with van der Waals surface area (Å²) in [4.78, 5) is 12.8. The summed E-state index contributed by atoms with van der Waals surface area (Å²) in [6, 6.07) is 7.57. The average molecular weight is 411 g/mol. The number of hydrogen-bond acceptors (Lipinski definition) is 5. The molecule has 0 radical (unpaired) electrons. The van der Waals surface area contributed by atoms with Crippen molar-refractivity contribution in [1.82, 2.24) is 10.0 Å². The molecule has 0 aliphatic carbocycles. The number of amides is 1. The van der Waals surface area contributed by atoms with Crippen molar-refractivity contribution in [2.75, 3.05) is 12.0 Å². The summed E-state index contributed by atoms with van der Waals surface area (Å²) in [7, 11) is -3.78. The number of carbonyl (C=O) groups is 1. The van der Waals surface area contributed by atoms with Crippen molar-refractivity contribution in [3.63, 3.8) is 0 Å². The van der Waals surface area contributed by atoms with Crippen LogP contribution < -0.4 is 10.0 Å². The minimum absolute atomic E-state index is 0.149. The summed E-state index contributed by atoms with van der Waals surface area (Å²) >= 11 is 1.56. The fourth-order valence-electron chi connectivity index (χ4n) is 2.62. The number of carbonyl (C=O) groups excluding carboxylic acids is 1. The predicted octanol–water partition coefficient (Wildman–Crippen LogP) is 2.92. The van der Waals surface area contributed by atoms with E-state index in [2.05, 4.69) is 10.0 Å². The summed E-state index contributed by atoms with van der Waals surface area (Å²) in [5, 5.41) is 2.81. The van der Waals surface area contributed by atoms with E-state index in [4.69, 9.17) is 4.42 Å². The Morgan fingerprint density at radius 1 is 1.19 bits per heavy atom. The van der Waals surface area contributed by atoms with Crippen molar-refractivity contribution in [1.29, 1.82) is 0 Å². The fraction of sp³-hybridized carbons (Fsp3) is 0.421. The molecule has 0 saturated heterocycles. The molecule has 2 N–H and O–H groups in total. The number of nitrogens with one attached hydrogen (secondary N) is 2. The lowest BCUT2D eigenvalue weighted by Gasteiger charge is -2.18. The third-order valence-electron chi connectivity index (χ3n) is 4.15. The lowest BCUT2D eigenvalue weighted by atomic mass is 10.2. The second kappa shape index (κ2) is 9.43. The van der Waals surface area contributed by atoms with Gasteiger partial charge in [0.25, 0.3) is 0 Å². The smallest absolute Gasteiger partial charge is 0.241 e. The number of thioether (sulfide) groups is 1. The summed E-state index contributed by atoms with van der Waals surface area (Å²) in [6.45, 7) is 5.86. The lowest BCUT2D eigenvalue weighted by Crippen LogP contribution is -2.46. The maximum Gasteiger partial charge on any atom is 0.241 e. The summed E-state index contributed by atoms with van der Waals surface area (Å²) in [6.07, 6.45) is 2.32. The topological polar surface area (TPSA) is 88.4 Å². The first kappa shape index (κ1) is 21.5. The molecule has 1 unspecified atom stereocenters. The van der Waals surface area contributed by atoms with Crippen LogP contribution in [-0.2, 0) is 21.4 Å². The molecule has 0 aliphatic heterocycles. The van der Waals surface area contributed by atoms with Gasteiger partial charge in [0, 0.05) is 12.1 Å². The molecule has 2 aromatic rings. The van der Waals surface area contributed by atoms with Gasteiger partial charge in [0.2, 0.25) is 15.9 Å². The summed E-state index contributed by atoms with van der Waals surface area (Å²) in [5.74, 6) is 1.83. The summed E-state index contributed by atoms with van der Waals surface area (Å²) < 4.78 is 33.3. The van der Waals surface area contributed by atoms with Crippen LogP contribution in [0.2, 0.25) is 0 Å². The number of furan rings is 1. The monoisotopic (exact) mass is 410 g/mol. The first-order valence-corrected chi connectivity index (χ1v) is 11.5. The van der Waals surface area contributed by atoms with Gasteiger partial charge in [-0.25, -0.2) is 8.42 Å². The third kappa shape index (κ3) is 6.12. The molecule has 1 heterocycles. The van der Waals surface area contributed by atoms with E-state index in [1.807, 2.05) is 33.1 Å². The molecule has 1 aromatic heterocycles. The normalized spacial score (nSPS) is 12.7. The van der Waals surface area contributed by atoms with E-state index in [-0.39, 0.29) is 10.8 Å². The zero-order chi connectivity index (χ0) is 20.0. The molecule has 6 nitrogen and oxygen atoms in total. The Morgan fingerprint density at radius 2 is 1.85 bits per heavy atom. The number of rotatable bonds is 9. The van der Waals surface area contributed by atoms with Gasteiger partial charge in [-0.2, -0.15) is 16.5 Å². The largest absolute Gasteiger partial charge is 0.466 e. The Labute approximate surface area is 165 Å². The Hall–Kier alpha value is -1.77. The van der Waals surface area contributed by atoms with Crippen LogP contribution in [0.4, 0.5) is 0 Å². The molecule has 27 heavy (non-hydrogen) atoms. The molecule has 0 fully saturated rings. The zero-order valence-electron chi connectivity index (χ0n) is 16.0. The lowest BCUT2D eigenvalue weighted by molar-refractivity contribution is -0.122. The molecular formula is C19H26N2O4S2. The van der Waals surface area contributed by atoms with Crippen LogP contribution in [0.3, 0.4) is 0 Å². The van der Waals surface area contributed by atoms with E-state index in [1.165, 1.54) is 0 Å². The van der Waals surface area contributed by atoms with E-state index in [0.717, 1.165) is 22.6 Å². The second-order valence-corrected chi connectivity index (χ2v) is 9.12. The average Bonchev–Trinajstić information content (AvgIpc) is 2.94. The van der Waals surface area contributed by atoms with Crippen LogP contribution >= 0.6 is 11.8 Å². The van der Waals surface area contributed by atoms with Crippen LogP contribution in [0.25, 0.3) is 0 Å². The summed E-state index contributed by atoms with van der Waals surface area (Å²) in [5.41, 5.74) is 1.85. The van der Waals surface area contributed by atoms with Crippen molar-refractivity contribution < 1.29 is 17.6 Å². The molecule has 1 aromatic carbocycles. The van der Waals surface area contributed by atoms with Crippen molar-refractivity contribution in [3.05, 3.63) is 53.0 Å². The Morgan fingerprint density at radius 3 is 2.41 bits per heavy atom. The second-order valence-electron chi connectivity index (χ2n) is 6.42. The molecule has 0 bridgehead atoms. The Bertz CT molecular complexity index is 874. The van der Waals surface area contributed by atoms with Gasteiger partial charge in [-0.15, -0.1) is 0 Å². The van der Waals surface area contributed by atoms with Crippen molar-refractivity contribution in [2.45, 2.75) is 44.7 Å². The van der Waals surface area contributed by atoms with Crippen LogP contribution in [0.1, 0.15) is 29.1 Å². The maximum absolute atomic E-state index is 12.6.